The Morgan fingerprint density at radius 3 is 2.67 bits per heavy atom. The Morgan fingerprint density at radius 2 is 2.05 bits per heavy atom. The number of phenols is 1. The minimum atomic E-state index is -1.37. The fraction of sp³-hybridized carbons (Fsp3) is 0.500. The molecule has 7 heteroatoms. The molecule has 1 aliphatic rings. The minimum absolute atomic E-state index is 0.00862. The zero-order valence-corrected chi connectivity index (χ0v) is 12.0. The van der Waals surface area contributed by atoms with E-state index >= 15 is 0 Å². The smallest absolute Gasteiger partial charge is 0.312 e. The van der Waals surface area contributed by atoms with Crippen LogP contribution in [0.15, 0.2) is 18.2 Å². The van der Waals surface area contributed by atoms with Crippen LogP contribution in [0.1, 0.15) is 12.5 Å². The van der Waals surface area contributed by atoms with E-state index in [1.54, 1.807) is 12.1 Å². The highest BCUT2D eigenvalue weighted by Crippen LogP contribution is 2.37. The van der Waals surface area contributed by atoms with E-state index in [-0.39, 0.29) is 30.7 Å². The van der Waals surface area contributed by atoms with Crippen molar-refractivity contribution in [2.75, 3.05) is 33.5 Å². The molecule has 1 N–H and O–H groups in total. The molecule has 2 rings (SSSR count). The zero-order chi connectivity index (χ0) is 15.3. The van der Waals surface area contributed by atoms with Gasteiger partial charge in [-0.25, -0.2) is 0 Å². The summed E-state index contributed by atoms with van der Waals surface area (Å²) in [5.74, 6) is -1.46. The molecule has 7 nitrogen and oxygen atoms in total. The van der Waals surface area contributed by atoms with Crippen LogP contribution < -0.4 is 4.74 Å². The molecule has 0 saturated carbocycles. The lowest BCUT2D eigenvalue weighted by Crippen LogP contribution is -2.32. The highest BCUT2D eigenvalue weighted by atomic mass is 16.9. The first-order valence-corrected chi connectivity index (χ1v) is 6.50. The van der Waals surface area contributed by atoms with Crippen LogP contribution in [0.25, 0.3) is 0 Å². The van der Waals surface area contributed by atoms with Gasteiger partial charge in [-0.1, -0.05) is 0 Å². The van der Waals surface area contributed by atoms with Crippen molar-refractivity contribution < 1.29 is 33.6 Å². The van der Waals surface area contributed by atoms with Gasteiger partial charge < -0.3 is 28.8 Å². The maximum atomic E-state index is 10.7. The monoisotopic (exact) mass is 298 g/mol. The van der Waals surface area contributed by atoms with E-state index < -0.39 is 5.97 Å². The summed E-state index contributed by atoms with van der Waals surface area (Å²) in [6.45, 7) is 2.28. The van der Waals surface area contributed by atoms with Crippen LogP contribution in [0.3, 0.4) is 0 Å². The number of carbonyl (C=O) groups excluding carboxylic acids is 1. The number of ether oxygens (including phenoxy) is 5. The van der Waals surface area contributed by atoms with E-state index in [1.165, 1.54) is 20.1 Å². The van der Waals surface area contributed by atoms with Crippen molar-refractivity contribution in [2.45, 2.75) is 12.9 Å². The van der Waals surface area contributed by atoms with E-state index in [0.29, 0.717) is 18.8 Å². The Labute approximate surface area is 122 Å². The quantitative estimate of drug-likeness (QED) is 0.622. The Kier molecular flexibility index (Phi) is 5.00. The van der Waals surface area contributed by atoms with Crippen LogP contribution in [0, 0.1) is 0 Å². The number of benzene rings is 1. The summed E-state index contributed by atoms with van der Waals surface area (Å²) in [6, 6.07) is 4.66. The van der Waals surface area contributed by atoms with Crippen molar-refractivity contribution in [3.8, 4) is 11.5 Å². The summed E-state index contributed by atoms with van der Waals surface area (Å²) in [5.41, 5.74) is 0.553. The van der Waals surface area contributed by atoms with Gasteiger partial charge in [-0.3, -0.25) is 4.79 Å². The van der Waals surface area contributed by atoms with E-state index in [2.05, 4.69) is 0 Å². The van der Waals surface area contributed by atoms with Crippen molar-refractivity contribution >= 4 is 5.97 Å². The van der Waals surface area contributed by atoms with Crippen molar-refractivity contribution in [1.29, 1.82) is 0 Å². The second-order valence-electron chi connectivity index (χ2n) is 4.33. The van der Waals surface area contributed by atoms with Gasteiger partial charge in [0.15, 0.2) is 11.5 Å². The Balaban J connectivity index is 2.12. The molecule has 1 fully saturated rings. The number of phenolic OH excluding ortho intramolecular Hbond substituents is 1. The highest BCUT2D eigenvalue weighted by molar-refractivity contribution is 5.65. The van der Waals surface area contributed by atoms with Gasteiger partial charge in [0.2, 0.25) is 0 Å². The van der Waals surface area contributed by atoms with Crippen molar-refractivity contribution in [2.24, 2.45) is 0 Å². The topological polar surface area (TPSA) is 83.5 Å². The lowest BCUT2D eigenvalue weighted by molar-refractivity contribution is -0.345. The number of hydrogen-bond acceptors (Lipinski definition) is 7. The predicted molar refractivity (Wildman–Crippen MR) is 70.8 cm³/mol. The molecular formula is C14H18O7. The summed E-state index contributed by atoms with van der Waals surface area (Å²) in [7, 11) is 1.45. The van der Waals surface area contributed by atoms with Gasteiger partial charge in [0, 0.05) is 12.5 Å². The first-order valence-electron chi connectivity index (χ1n) is 6.50. The van der Waals surface area contributed by atoms with Crippen molar-refractivity contribution in [3.05, 3.63) is 23.8 Å². The first kappa shape index (κ1) is 15.6. The zero-order valence-electron chi connectivity index (χ0n) is 12.0. The summed E-state index contributed by atoms with van der Waals surface area (Å²) in [6.07, 6.45) is 0. The number of methoxy groups -OCH3 is 1. The van der Waals surface area contributed by atoms with Crippen molar-refractivity contribution in [1.82, 2.24) is 0 Å². The van der Waals surface area contributed by atoms with Crippen LogP contribution in [-0.4, -0.2) is 44.6 Å². The second-order valence-corrected chi connectivity index (χ2v) is 4.33. The van der Waals surface area contributed by atoms with Gasteiger partial charge in [-0.2, -0.15) is 0 Å². The Morgan fingerprint density at radius 1 is 1.33 bits per heavy atom. The molecule has 0 aliphatic carbocycles. The van der Waals surface area contributed by atoms with Crippen molar-refractivity contribution in [3.63, 3.8) is 0 Å². The van der Waals surface area contributed by atoms with Gasteiger partial charge in [0.25, 0.3) is 0 Å². The van der Waals surface area contributed by atoms with Gasteiger partial charge in [0.1, 0.15) is 6.61 Å². The Hall–Kier alpha value is -1.83. The molecule has 116 valence electrons. The van der Waals surface area contributed by atoms with Gasteiger partial charge in [-0.05, 0) is 18.2 Å². The third-order valence-corrected chi connectivity index (χ3v) is 2.88. The minimum Gasteiger partial charge on any atom is -0.504 e. The van der Waals surface area contributed by atoms with E-state index in [0.717, 1.165) is 0 Å². The molecule has 0 aromatic heterocycles. The lowest BCUT2D eigenvalue weighted by Gasteiger charge is -2.27. The molecule has 0 amide bonds. The number of aromatic hydroxyl groups is 1. The average molecular weight is 298 g/mol. The molecule has 21 heavy (non-hydrogen) atoms. The van der Waals surface area contributed by atoms with Crippen LogP contribution in [0.5, 0.6) is 11.5 Å². The number of carbonyl (C=O) groups is 1. The normalized spacial score (nSPS) is 16.7. The first-order chi connectivity index (χ1) is 10.1. The van der Waals surface area contributed by atoms with E-state index in [4.69, 9.17) is 23.7 Å². The van der Waals surface area contributed by atoms with Gasteiger partial charge in [0.05, 0.1) is 26.9 Å². The largest absolute Gasteiger partial charge is 0.504 e. The van der Waals surface area contributed by atoms with Gasteiger partial charge in [-0.15, -0.1) is 0 Å². The molecule has 0 spiro atoms. The Bertz CT molecular complexity index is 494. The highest BCUT2D eigenvalue weighted by Gasteiger charge is 2.41. The fourth-order valence-electron chi connectivity index (χ4n) is 1.96. The third kappa shape index (κ3) is 3.63. The van der Waals surface area contributed by atoms with Gasteiger partial charge >= 0.3 is 11.9 Å². The molecule has 1 heterocycles. The maximum absolute atomic E-state index is 10.7. The SMILES string of the molecule is COc1cc(C2(OCCOC(C)=O)OCCO2)ccc1O. The molecule has 1 aliphatic heterocycles. The van der Waals surface area contributed by atoms with E-state index in [9.17, 15) is 9.90 Å². The number of rotatable bonds is 6. The summed E-state index contributed by atoms with van der Waals surface area (Å²) in [4.78, 5) is 10.7. The fourth-order valence-corrected chi connectivity index (χ4v) is 1.96. The molecule has 0 bridgehead atoms. The standard InChI is InChI=1S/C14H18O7/c1-10(15)18-5-6-19-14(20-7-8-21-14)11-3-4-12(16)13(9-11)17-2/h3-4,9,16H,5-8H2,1-2H3. The van der Waals surface area contributed by atoms with Crippen LogP contribution in [-0.2, 0) is 29.7 Å². The molecule has 1 saturated heterocycles. The predicted octanol–water partition coefficient (Wildman–Crippen LogP) is 1.14. The molecule has 1 aromatic rings. The molecule has 0 atom stereocenters. The second kappa shape index (κ2) is 6.75. The molecule has 0 radical (unpaired) electrons. The van der Waals surface area contributed by atoms with E-state index in [1.807, 2.05) is 0 Å². The molecular weight excluding hydrogens is 280 g/mol. The third-order valence-electron chi connectivity index (χ3n) is 2.88. The average Bonchev–Trinajstić information content (AvgIpc) is 2.94. The van der Waals surface area contributed by atoms with Crippen LogP contribution in [0.2, 0.25) is 0 Å². The molecule has 0 unspecified atom stereocenters. The summed E-state index contributed by atoms with van der Waals surface area (Å²) < 4.78 is 26.6. The molecule has 1 aromatic carbocycles. The maximum Gasteiger partial charge on any atom is 0.312 e. The number of hydrogen-bond donors (Lipinski definition) is 1. The van der Waals surface area contributed by atoms with Crippen LogP contribution >= 0.6 is 0 Å². The summed E-state index contributed by atoms with van der Waals surface area (Å²) >= 11 is 0. The summed E-state index contributed by atoms with van der Waals surface area (Å²) in [5, 5.41) is 9.63. The lowest BCUT2D eigenvalue weighted by atomic mass is 10.1. The van der Waals surface area contributed by atoms with Crippen LogP contribution in [0.4, 0.5) is 0 Å². The number of esters is 1.